The molecule has 5 aromatic rings. The summed E-state index contributed by atoms with van der Waals surface area (Å²) in [5.41, 5.74) is 3.60. The van der Waals surface area contributed by atoms with Crippen molar-refractivity contribution in [2.45, 2.75) is 24.4 Å². The van der Waals surface area contributed by atoms with Crippen LogP contribution >= 0.6 is 23.2 Å². The summed E-state index contributed by atoms with van der Waals surface area (Å²) < 4.78 is 51.7. The van der Waals surface area contributed by atoms with Gasteiger partial charge < -0.3 is 19.5 Å². The molecule has 4 amide bonds. The molecule has 0 radical (unpaired) electrons. The van der Waals surface area contributed by atoms with Crippen LogP contribution in [0.25, 0.3) is 6.08 Å². The van der Waals surface area contributed by atoms with E-state index in [0.29, 0.717) is 51.0 Å². The number of pyridine rings is 1. The number of hydrazine groups is 1. The maximum Gasteiger partial charge on any atom is 0.417 e. The number of hydrogen-bond acceptors (Lipinski definition) is 12. The fourth-order valence-corrected chi connectivity index (χ4v) is 10.4. The van der Waals surface area contributed by atoms with Crippen LogP contribution in [-0.2, 0) is 30.8 Å². The van der Waals surface area contributed by atoms with Gasteiger partial charge >= 0.3 is 6.18 Å². The molecule has 0 bridgehead atoms. The number of phenols is 1. The SMILES string of the molecule is COc1cc(C=CC2C3=CCC4C(=O)N(c5ccc(N=Nc6ccc(N(C)C)cc6)cc5)C(=O)C4C3CC3C(=O)N(Nc4ncc(C(F)(F)F)cc4Cl)C(=O)C23c2ccc(Cl)cc2)cc(OC)c1O. The molecule has 9 rings (SSSR count). The Morgan fingerprint density at radius 2 is 1.48 bits per heavy atom. The van der Waals surface area contributed by atoms with Crippen molar-refractivity contribution in [3.63, 3.8) is 0 Å². The number of alkyl halides is 3. The zero-order valence-electron chi connectivity index (χ0n) is 37.2. The van der Waals surface area contributed by atoms with Gasteiger partial charge in [-0.25, -0.2) is 4.98 Å². The first kappa shape index (κ1) is 46.9. The number of hydrogen-bond donors (Lipinski definition) is 2. The molecule has 3 fully saturated rings. The van der Waals surface area contributed by atoms with Gasteiger partial charge in [-0.3, -0.25) is 29.5 Å². The van der Waals surface area contributed by atoms with Gasteiger partial charge in [0.1, 0.15) is 0 Å². The minimum atomic E-state index is -4.78. The van der Waals surface area contributed by atoms with Crippen LogP contribution in [0.1, 0.15) is 29.5 Å². The minimum Gasteiger partial charge on any atom is -0.502 e. The summed E-state index contributed by atoms with van der Waals surface area (Å²) in [6.45, 7) is 0. The van der Waals surface area contributed by atoms with Crippen molar-refractivity contribution in [2.75, 3.05) is 43.5 Å². The van der Waals surface area contributed by atoms with Crippen LogP contribution in [0.5, 0.6) is 17.2 Å². The molecule has 2 aliphatic heterocycles. The van der Waals surface area contributed by atoms with Crippen LogP contribution in [-0.4, -0.2) is 67.0 Å². The van der Waals surface area contributed by atoms with Crippen molar-refractivity contribution in [3.05, 3.63) is 142 Å². The first-order chi connectivity index (χ1) is 33.0. The number of phenolic OH excluding ortho intramolecular Hbond substituents is 1. The van der Waals surface area contributed by atoms with Gasteiger partial charge in [-0.15, -0.1) is 0 Å². The van der Waals surface area contributed by atoms with E-state index in [1.165, 1.54) is 14.2 Å². The number of amides is 4. The van der Waals surface area contributed by atoms with Crippen molar-refractivity contribution in [1.29, 1.82) is 0 Å². The Morgan fingerprint density at radius 3 is 2.06 bits per heavy atom. The van der Waals surface area contributed by atoms with Gasteiger partial charge in [-0.2, -0.15) is 28.4 Å². The molecule has 354 valence electrons. The number of aromatic nitrogens is 1. The first-order valence-corrected chi connectivity index (χ1v) is 22.4. The third-order valence-electron chi connectivity index (χ3n) is 13.4. The second-order valence-electron chi connectivity index (χ2n) is 17.2. The van der Waals surface area contributed by atoms with Crippen LogP contribution in [0, 0.1) is 29.6 Å². The van der Waals surface area contributed by atoms with E-state index in [1.807, 2.05) is 49.3 Å². The number of nitrogens with one attached hydrogen (secondary N) is 1. The molecular formula is C50H42Cl2F3N7O7. The highest BCUT2D eigenvalue weighted by atomic mass is 35.5. The quantitative estimate of drug-likeness (QED) is 0.0739. The predicted molar refractivity (Wildman–Crippen MR) is 252 cm³/mol. The van der Waals surface area contributed by atoms with E-state index >= 15 is 9.59 Å². The number of methoxy groups -OCH3 is 2. The van der Waals surface area contributed by atoms with Gasteiger partial charge in [-0.05, 0) is 109 Å². The smallest absolute Gasteiger partial charge is 0.417 e. The number of allylic oxidation sites excluding steroid dienone is 3. The highest BCUT2D eigenvalue weighted by molar-refractivity contribution is 6.33. The number of imide groups is 2. The van der Waals surface area contributed by atoms with Crippen LogP contribution in [0.2, 0.25) is 10.0 Å². The Labute approximate surface area is 403 Å². The third kappa shape index (κ3) is 8.12. The largest absolute Gasteiger partial charge is 0.502 e. The first-order valence-electron chi connectivity index (χ1n) is 21.6. The standard InChI is InChI=1S/C50H42Cl2F3N7O7/c1-60(2)32-14-10-30(11-15-32)57-58-31-12-16-33(17-13-31)61-45(64)35-19-18-34-36(42(35)47(61)66)24-38-46(65)62(59-44-39(52)23-28(25-56-44)50(53,54)55)48(67)49(38,27-6-8-29(51)9-7-27)37(34)20-5-26-21-40(68-3)43(63)41(22-26)69-4/h5-18,20-23,25,35-38,42,63H,19,24H2,1-4H3,(H,56,59). The fourth-order valence-electron chi connectivity index (χ4n) is 10.1. The number of halogens is 5. The normalized spacial score (nSPS) is 23.3. The Bertz CT molecular complexity index is 2960. The van der Waals surface area contributed by atoms with E-state index in [1.54, 1.807) is 72.8 Å². The van der Waals surface area contributed by atoms with Crippen LogP contribution in [0.3, 0.4) is 0 Å². The van der Waals surface area contributed by atoms with Gasteiger partial charge in [0.25, 0.3) is 11.8 Å². The maximum atomic E-state index is 15.5. The zero-order valence-corrected chi connectivity index (χ0v) is 38.8. The number of rotatable bonds is 11. The Morgan fingerprint density at radius 1 is 0.855 bits per heavy atom. The number of aromatic hydroxyl groups is 1. The molecule has 14 nitrogen and oxygen atoms in total. The number of nitrogens with zero attached hydrogens (tertiary/aromatic N) is 6. The molecule has 4 aliphatic rings. The molecule has 4 aromatic carbocycles. The number of carbonyl (C=O) groups is 4. The van der Waals surface area contributed by atoms with E-state index in [-0.39, 0.29) is 35.9 Å². The average Bonchev–Trinajstić information content (AvgIpc) is 3.71. The van der Waals surface area contributed by atoms with E-state index < -0.39 is 75.4 Å². The van der Waals surface area contributed by atoms with Crippen molar-refractivity contribution in [3.8, 4) is 17.2 Å². The predicted octanol–water partition coefficient (Wildman–Crippen LogP) is 10.3. The van der Waals surface area contributed by atoms with E-state index in [2.05, 4.69) is 20.6 Å². The summed E-state index contributed by atoms with van der Waals surface area (Å²) in [6, 6.07) is 24.2. The van der Waals surface area contributed by atoms with Gasteiger partial charge in [0.2, 0.25) is 17.6 Å². The summed E-state index contributed by atoms with van der Waals surface area (Å²) in [5, 5.41) is 19.9. The van der Waals surface area contributed by atoms with Crippen molar-refractivity contribution >= 4 is 81.5 Å². The molecule has 2 N–H and O–H groups in total. The molecule has 2 saturated heterocycles. The molecule has 1 saturated carbocycles. The molecule has 19 heteroatoms. The van der Waals surface area contributed by atoms with Gasteiger partial charge in [0.05, 0.1) is 65.0 Å². The molecule has 1 aromatic heterocycles. The molecule has 0 spiro atoms. The molecule has 2 aliphatic carbocycles. The second-order valence-corrected chi connectivity index (χ2v) is 18.1. The van der Waals surface area contributed by atoms with Crippen molar-refractivity contribution in [2.24, 2.45) is 39.8 Å². The Kier molecular flexibility index (Phi) is 12.2. The van der Waals surface area contributed by atoms with Gasteiger partial charge in [0, 0.05) is 36.9 Å². The van der Waals surface area contributed by atoms with E-state index in [4.69, 9.17) is 32.7 Å². The third-order valence-corrected chi connectivity index (χ3v) is 13.9. The van der Waals surface area contributed by atoms with Gasteiger partial charge in [-0.1, -0.05) is 59.1 Å². The van der Waals surface area contributed by atoms with Crippen LogP contribution in [0.15, 0.2) is 125 Å². The molecule has 3 heterocycles. The van der Waals surface area contributed by atoms with Crippen LogP contribution in [0.4, 0.5) is 41.7 Å². The average molecular weight is 981 g/mol. The minimum absolute atomic E-state index is 0.0839. The fraction of sp³-hybridized carbons (Fsp3) is 0.260. The summed E-state index contributed by atoms with van der Waals surface area (Å²) in [5.74, 6) is -7.69. The number of ether oxygens (including phenoxy) is 2. The number of anilines is 3. The van der Waals surface area contributed by atoms with Gasteiger partial charge in [0.15, 0.2) is 17.3 Å². The molecule has 6 unspecified atom stereocenters. The number of carbonyl (C=O) groups excluding carboxylic acids is 4. The maximum absolute atomic E-state index is 15.5. The number of benzene rings is 4. The summed E-state index contributed by atoms with van der Waals surface area (Å²) in [4.78, 5) is 66.8. The Balaban J connectivity index is 1.12. The summed E-state index contributed by atoms with van der Waals surface area (Å²) in [6.07, 6.45) is 1.05. The summed E-state index contributed by atoms with van der Waals surface area (Å²) in [7, 11) is 6.61. The number of fused-ring (bicyclic) bond motifs is 4. The van der Waals surface area contributed by atoms with E-state index in [0.717, 1.165) is 15.6 Å². The molecule has 6 atom stereocenters. The van der Waals surface area contributed by atoms with Crippen molar-refractivity contribution < 1.29 is 46.9 Å². The molecular weight excluding hydrogens is 938 g/mol. The lowest BCUT2D eigenvalue weighted by molar-refractivity contribution is -0.139. The molecule has 69 heavy (non-hydrogen) atoms. The monoisotopic (exact) mass is 979 g/mol. The highest BCUT2D eigenvalue weighted by Crippen LogP contribution is 2.62. The van der Waals surface area contributed by atoms with E-state index in [9.17, 15) is 27.9 Å². The number of azo groups is 1. The second kappa shape index (κ2) is 18.0. The summed E-state index contributed by atoms with van der Waals surface area (Å²) >= 11 is 12.7. The topological polar surface area (TPSA) is 166 Å². The van der Waals surface area contributed by atoms with Crippen LogP contribution < -0.4 is 24.7 Å². The lowest BCUT2D eigenvalue weighted by atomic mass is 9.50. The lowest BCUT2D eigenvalue weighted by Crippen LogP contribution is -2.54. The Hall–Kier alpha value is -7.24. The highest BCUT2D eigenvalue weighted by Gasteiger charge is 2.69. The van der Waals surface area contributed by atoms with Crippen molar-refractivity contribution in [1.82, 2.24) is 9.99 Å². The zero-order chi connectivity index (χ0) is 49.1. The lowest BCUT2D eigenvalue weighted by Gasteiger charge is -2.49.